The smallest absolute Gasteiger partial charge is 0.226 e. The highest BCUT2D eigenvalue weighted by Gasteiger charge is 2.06. The van der Waals surface area contributed by atoms with Gasteiger partial charge in [0.2, 0.25) is 5.89 Å². The van der Waals surface area contributed by atoms with Crippen molar-refractivity contribution in [1.29, 1.82) is 0 Å². The van der Waals surface area contributed by atoms with Crippen LogP contribution in [0.1, 0.15) is 11.3 Å². The van der Waals surface area contributed by atoms with Crippen molar-refractivity contribution >= 4 is 0 Å². The van der Waals surface area contributed by atoms with E-state index in [1.165, 1.54) is 17.7 Å². The lowest BCUT2D eigenvalue weighted by Gasteiger charge is -2.04. The Labute approximate surface area is 140 Å². The molecule has 0 unspecified atom stereocenters. The summed E-state index contributed by atoms with van der Waals surface area (Å²) in [7, 11) is 1.66. The van der Waals surface area contributed by atoms with Crippen LogP contribution in [0.15, 0.2) is 59.2 Å². The normalized spacial score (nSPS) is 10.8. The third kappa shape index (κ3) is 4.20. The third-order valence-corrected chi connectivity index (χ3v) is 3.70. The Bertz CT molecular complexity index is 767. The topological polar surface area (TPSA) is 47.3 Å². The minimum absolute atomic E-state index is 0.272. The first kappa shape index (κ1) is 16.2. The number of halogens is 1. The summed E-state index contributed by atoms with van der Waals surface area (Å²) in [5, 5.41) is 3.34. The first-order valence-electron chi connectivity index (χ1n) is 7.78. The molecule has 124 valence electrons. The summed E-state index contributed by atoms with van der Waals surface area (Å²) in [4.78, 5) is 4.41. The number of hydrogen-bond acceptors (Lipinski definition) is 4. The monoisotopic (exact) mass is 326 g/mol. The number of ether oxygens (including phenoxy) is 1. The number of methoxy groups -OCH3 is 1. The largest absolute Gasteiger partial charge is 0.497 e. The van der Waals surface area contributed by atoms with Crippen molar-refractivity contribution in [1.82, 2.24) is 10.3 Å². The molecule has 0 radical (unpaired) electrons. The molecule has 2 aromatic carbocycles. The van der Waals surface area contributed by atoms with Crippen LogP contribution in [0.3, 0.4) is 0 Å². The Morgan fingerprint density at radius 3 is 2.54 bits per heavy atom. The zero-order chi connectivity index (χ0) is 16.8. The van der Waals surface area contributed by atoms with E-state index in [2.05, 4.69) is 22.4 Å². The molecule has 0 fully saturated rings. The van der Waals surface area contributed by atoms with Crippen LogP contribution < -0.4 is 10.1 Å². The summed E-state index contributed by atoms with van der Waals surface area (Å²) in [5.41, 5.74) is 2.83. The lowest BCUT2D eigenvalue weighted by Crippen LogP contribution is -2.16. The van der Waals surface area contributed by atoms with E-state index in [4.69, 9.17) is 9.15 Å². The van der Waals surface area contributed by atoms with Gasteiger partial charge in [-0.15, -0.1) is 0 Å². The average molecular weight is 326 g/mol. The van der Waals surface area contributed by atoms with Gasteiger partial charge in [-0.1, -0.05) is 12.1 Å². The van der Waals surface area contributed by atoms with E-state index in [0.717, 1.165) is 30.0 Å². The Morgan fingerprint density at radius 1 is 1.08 bits per heavy atom. The lowest BCUT2D eigenvalue weighted by atomic mass is 10.1. The first-order chi connectivity index (χ1) is 11.7. The maximum atomic E-state index is 12.9. The van der Waals surface area contributed by atoms with E-state index in [-0.39, 0.29) is 5.82 Å². The molecule has 0 spiro atoms. The molecule has 0 aliphatic rings. The third-order valence-electron chi connectivity index (χ3n) is 3.70. The van der Waals surface area contributed by atoms with Gasteiger partial charge < -0.3 is 14.5 Å². The maximum Gasteiger partial charge on any atom is 0.226 e. The van der Waals surface area contributed by atoms with Crippen LogP contribution in [0.25, 0.3) is 11.5 Å². The van der Waals surface area contributed by atoms with Crippen LogP contribution in [0, 0.1) is 5.82 Å². The van der Waals surface area contributed by atoms with Crippen molar-refractivity contribution in [2.45, 2.75) is 13.0 Å². The zero-order valence-corrected chi connectivity index (χ0v) is 13.5. The van der Waals surface area contributed by atoms with Crippen molar-refractivity contribution in [2.75, 3.05) is 13.7 Å². The van der Waals surface area contributed by atoms with E-state index >= 15 is 0 Å². The van der Waals surface area contributed by atoms with E-state index in [1.54, 1.807) is 25.5 Å². The minimum Gasteiger partial charge on any atom is -0.497 e. The fourth-order valence-corrected chi connectivity index (χ4v) is 2.35. The quantitative estimate of drug-likeness (QED) is 0.671. The highest BCUT2D eigenvalue weighted by atomic mass is 19.1. The van der Waals surface area contributed by atoms with Crippen LogP contribution >= 0.6 is 0 Å². The van der Waals surface area contributed by atoms with Gasteiger partial charge in [-0.05, 0) is 54.9 Å². The average Bonchev–Trinajstić information content (AvgIpc) is 3.09. The molecular weight excluding hydrogens is 307 g/mol. The van der Waals surface area contributed by atoms with Crippen LogP contribution in [0.2, 0.25) is 0 Å². The Balaban J connectivity index is 1.47. The molecule has 24 heavy (non-hydrogen) atoms. The second-order valence-corrected chi connectivity index (χ2v) is 5.43. The van der Waals surface area contributed by atoms with Gasteiger partial charge in [-0.25, -0.2) is 9.37 Å². The fraction of sp³-hybridized carbons (Fsp3) is 0.211. The number of rotatable bonds is 7. The van der Waals surface area contributed by atoms with E-state index in [1.807, 2.05) is 12.1 Å². The fourth-order valence-electron chi connectivity index (χ4n) is 2.35. The van der Waals surface area contributed by atoms with Crippen molar-refractivity contribution in [2.24, 2.45) is 0 Å². The predicted molar refractivity (Wildman–Crippen MR) is 90.3 cm³/mol. The molecule has 0 bridgehead atoms. The highest BCUT2D eigenvalue weighted by Crippen LogP contribution is 2.18. The second kappa shape index (κ2) is 7.75. The number of aromatic nitrogens is 1. The van der Waals surface area contributed by atoms with Gasteiger partial charge in [-0.3, -0.25) is 0 Å². The van der Waals surface area contributed by atoms with Gasteiger partial charge in [0.15, 0.2) is 0 Å². The Hall–Kier alpha value is -2.66. The predicted octanol–water partition coefficient (Wildman–Crippen LogP) is 3.82. The molecule has 1 N–H and O–H groups in total. The molecular formula is C19H19FN2O2. The van der Waals surface area contributed by atoms with Crippen LogP contribution in [-0.4, -0.2) is 18.6 Å². The number of oxazole rings is 1. The lowest BCUT2D eigenvalue weighted by molar-refractivity contribution is 0.414. The molecule has 1 heterocycles. The number of hydrogen-bond donors (Lipinski definition) is 1. The molecule has 4 nitrogen and oxygen atoms in total. The Kier molecular flexibility index (Phi) is 5.23. The van der Waals surface area contributed by atoms with Crippen LogP contribution in [0.5, 0.6) is 5.75 Å². The van der Waals surface area contributed by atoms with E-state index in [0.29, 0.717) is 12.4 Å². The summed E-state index contributed by atoms with van der Waals surface area (Å²) in [5.74, 6) is 1.09. The molecule has 0 saturated heterocycles. The van der Waals surface area contributed by atoms with Gasteiger partial charge in [0, 0.05) is 12.1 Å². The van der Waals surface area contributed by atoms with Gasteiger partial charge in [0.05, 0.1) is 12.8 Å². The second-order valence-electron chi connectivity index (χ2n) is 5.43. The van der Waals surface area contributed by atoms with Gasteiger partial charge in [-0.2, -0.15) is 0 Å². The standard InChI is InChI=1S/C19H19FN2O2/c1-23-18-8-2-14(3-9-18)10-11-21-12-17-13-24-19(22-17)15-4-6-16(20)7-5-15/h2-9,13,21H,10-12H2,1H3. The summed E-state index contributed by atoms with van der Waals surface area (Å²) < 4.78 is 23.5. The van der Waals surface area contributed by atoms with Crippen molar-refractivity contribution in [3.8, 4) is 17.2 Å². The minimum atomic E-state index is -0.272. The molecule has 3 aromatic rings. The summed E-state index contributed by atoms with van der Waals surface area (Å²) >= 11 is 0. The molecule has 0 saturated carbocycles. The van der Waals surface area contributed by atoms with Gasteiger partial charge in [0.1, 0.15) is 17.8 Å². The molecule has 0 atom stereocenters. The van der Waals surface area contributed by atoms with Crippen LogP contribution in [0.4, 0.5) is 4.39 Å². The van der Waals surface area contributed by atoms with Gasteiger partial charge in [0.25, 0.3) is 0 Å². The number of nitrogens with one attached hydrogen (secondary N) is 1. The van der Waals surface area contributed by atoms with Crippen molar-refractivity contribution in [3.63, 3.8) is 0 Å². The van der Waals surface area contributed by atoms with Crippen molar-refractivity contribution < 1.29 is 13.5 Å². The summed E-state index contributed by atoms with van der Waals surface area (Å²) in [6.45, 7) is 1.46. The Morgan fingerprint density at radius 2 is 1.83 bits per heavy atom. The van der Waals surface area contributed by atoms with Crippen LogP contribution in [-0.2, 0) is 13.0 Å². The van der Waals surface area contributed by atoms with E-state index in [9.17, 15) is 4.39 Å². The first-order valence-corrected chi connectivity index (χ1v) is 7.78. The molecule has 0 aliphatic carbocycles. The number of benzene rings is 2. The zero-order valence-electron chi connectivity index (χ0n) is 13.5. The molecule has 1 aromatic heterocycles. The maximum absolute atomic E-state index is 12.9. The number of nitrogens with zero attached hydrogens (tertiary/aromatic N) is 1. The molecule has 0 aliphatic heterocycles. The molecule has 0 amide bonds. The van der Waals surface area contributed by atoms with Crippen molar-refractivity contribution in [3.05, 3.63) is 71.9 Å². The highest BCUT2D eigenvalue weighted by molar-refractivity contribution is 5.52. The summed E-state index contributed by atoms with van der Waals surface area (Å²) in [6.07, 6.45) is 2.55. The summed E-state index contributed by atoms with van der Waals surface area (Å²) in [6, 6.07) is 14.1. The SMILES string of the molecule is COc1ccc(CCNCc2coc(-c3ccc(F)cc3)n2)cc1. The van der Waals surface area contributed by atoms with Gasteiger partial charge >= 0.3 is 0 Å². The van der Waals surface area contributed by atoms with E-state index < -0.39 is 0 Å². The molecule has 3 rings (SSSR count). The molecule has 5 heteroatoms.